The molecule has 0 saturated carbocycles. The Bertz CT molecular complexity index is 500. The van der Waals surface area contributed by atoms with Gasteiger partial charge in [0.2, 0.25) is 0 Å². The molecular formula is C14H17NO4. The normalized spacial score (nSPS) is 22.3. The predicted molar refractivity (Wildman–Crippen MR) is 69.2 cm³/mol. The minimum Gasteiger partial charge on any atom is -0.497 e. The van der Waals surface area contributed by atoms with Crippen LogP contribution in [0.2, 0.25) is 0 Å². The molecule has 1 aromatic carbocycles. The van der Waals surface area contributed by atoms with Crippen LogP contribution >= 0.6 is 0 Å². The lowest BCUT2D eigenvalue weighted by atomic mass is 9.99. The van der Waals surface area contributed by atoms with Crippen LogP contribution < -0.4 is 4.74 Å². The minimum atomic E-state index is -0.839. The van der Waals surface area contributed by atoms with Crippen molar-refractivity contribution in [3.8, 4) is 5.75 Å². The first-order valence-corrected chi connectivity index (χ1v) is 6.19. The lowest BCUT2D eigenvalue weighted by Crippen LogP contribution is -2.29. The maximum Gasteiger partial charge on any atom is 0.308 e. The van der Waals surface area contributed by atoms with E-state index in [9.17, 15) is 9.59 Å². The van der Waals surface area contributed by atoms with E-state index in [4.69, 9.17) is 9.84 Å². The SMILES string of the molecule is COc1cccc(C(=O)N2CC(C)C(C(=O)O)C2)c1. The lowest BCUT2D eigenvalue weighted by molar-refractivity contribution is -0.142. The highest BCUT2D eigenvalue weighted by Crippen LogP contribution is 2.25. The van der Waals surface area contributed by atoms with Crippen LogP contribution in [0.25, 0.3) is 0 Å². The first-order valence-electron chi connectivity index (χ1n) is 6.19. The Morgan fingerprint density at radius 3 is 2.68 bits per heavy atom. The Hall–Kier alpha value is -2.04. The van der Waals surface area contributed by atoms with E-state index < -0.39 is 11.9 Å². The summed E-state index contributed by atoms with van der Waals surface area (Å²) in [6.45, 7) is 2.61. The molecule has 1 amide bonds. The van der Waals surface area contributed by atoms with Gasteiger partial charge in [-0.3, -0.25) is 9.59 Å². The summed E-state index contributed by atoms with van der Waals surface area (Å²) >= 11 is 0. The highest BCUT2D eigenvalue weighted by atomic mass is 16.5. The van der Waals surface area contributed by atoms with Crippen LogP contribution in [0.1, 0.15) is 17.3 Å². The van der Waals surface area contributed by atoms with E-state index in [0.717, 1.165) is 0 Å². The number of carbonyl (C=O) groups excluding carboxylic acids is 1. The maximum absolute atomic E-state index is 12.3. The Labute approximate surface area is 111 Å². The van der Waals surface area contributed by atoms with Crippen molar-refractivity contribution in [2.45, 2.75) is 6.92 Å². The molecule has 2 atom stereocenters. The van der Waals surface area contributed by atoms with Gasteiger partial charge in [0.1, 0.15) is 5.75 Å². The van der Waals surface area contributed by atoms with Gasteiger partial charge in [-0.15, -0.1) is 0 Å². The predicted octanol–water partition coefficient (Wildman–Crippen LogP) is 1.49. The lowest BCUT2D eigenvalue weighted by Gasteiger charge is -2.16. The van der Waals surface area contributed by atoms with E-state index in [1.165, 1.54) is 0 Å². The molecule has 0 aliphatic carbocycles. The van der Waals surface area contributed by atoms with Crippen LogP contribution in [-0.4, -0.2) is 42.1 Å². The Morgan fingerprint density at radius 2 is 2.11 bits per heavy atom. The zero-order valence-corrected chi connectivity index (χ0v) is 11.0. The summed E-state index contributed by atoms with van der Waals surface area (Å²) in [5.41, 5.74) is 0.526. The first kappa shape index (κ1) is 13.4. The molecule has 2 rings (SSSR count). The summed E-state index contributed by atoms with van der Waals surface area (Å²) in [6.07, 6.45) is 0. The van der Waals surface area contributed by atoms with Crippen LogP contribution in [0.15, 0.2) is 24.3 Å². The van der Waals surface area contributed by atoms with Crippen molar-refractivity contribution in [1.29, 1.82) is 0 Å². The fourth-order valence-electron chi connectivity index (χ4n) is 2.39. The Kier molecular flexibility index (Phi) is 3.74. The van der Waals surface area contributed by atoms with Gasteiger partial charge < -0.3 is 14.7 Å². The zero-order valence-electron chi connectivity index (χ0n) is 11.0. The number of amides is 1. The van der Waals surface area contributed by atoms with Gasteiger partial charge in [0.05, 0.1) is 13.0 Å². The number of carboxylic acids is 1. The Balaban J connectivity index is 2.14. The number of likely N-dealkylation sites (tertiary alicyclic amines) is 1. The standard InChI is InChI=1S/C14H17NO4/c1-9-7-15(8-12(9)14(17)18)13(16)10-4-3-5-11(6-10)19-2/h3-6,9,12H,7-8H2,1-2H3,(H,17,18). The molecule has 5 nitrogen and oxygen atoms in total. The number of nitrogens with zero attached hydrogens (tertiary/aromatic N) is 1. The van der Waals surface area contributed by atoms with Crippen LogP contribution in [-0.2, 0) is 4.79 Å². The molecule has 1 aromatic rings. The molecule has 19 heavy (non-hydrogen) atoms. The second kappa shape index (κ2) is 5.30. The Morgan fingerprint density at radius 1 is 1.37 bits per heavy atom. The van der Waals surface area contributed by atoms with Crippen LogP contribution in [0.5, 0.6) is 5.75 Å². The molecule has 5 heteroatoms. The molecule has 2 unspecified atom stereocenters. The van der Waals surface area contributed by atoms with Crippen molar-refractivity contribution in [3.63, 3.8) is 0 Å². The topological polar surface area (TPSA) is 66.8 Å². The van der Waals surface area contributed by atoms with E-state index in [1.807, 2.05) is 6.92 Å². The second-order valence-corrected chi connectivity index (χ2v) is 4.86. The first-order chi connectivity index (χ1) is 9.02. The summed E-state index contributed by atoms with van der Waals surface area (Å²) < 4.78 is 5.08. The number of carboxylic acid groups (broad SMARTS) is 1. The van der Waals surface area contributed by atoms with Crippen LogP contribution in [0.3, 0.4) is 0 Å². The number of benzene rings is 1. The average molecular weight is 263 g/mol. The van der Waals surface area contributed by atoms with Crippen molar-refractivity contribution >= 4 is 11.9 Å². The largest absolute Gasteiger partial charge is 0.497 e. The smallest absolute Gasteiger partial charge is 0.308 e. The molecule has 0 radical (unpaired) electrons. The van der Waals surface area contributed by atoms with Gasteiger partial charge in [-0.25, -0.2) is 0 Å². The number of methoxy groups -OCH3 is 1. The number of rotatable bonds is 3. The third kappa shape index (κ3) is 2.70. The van der Waals surface area contributed by atoms with Crippen molar-refractivity contribution in [2.75, 3.05) is 20.2 Å². The summed E-state index contributed by atoms with van der Waals surface area (Å²) in [5.74, 6) is -0.863. The van der Waals surface area contributed by atoms with Crippen molar-refractivity contribution in [2.24, 2.45) is 11.8 Å². The van der Waals surface area contributed by atoms with Gasteiger partial charge >= 0.3 is 5.97 Å². The fraction of sp³-hybridized carbons (Fsp3) is 0.429. The summed E-state index contributed by atoms with van der Waals surface area (Å²) in [6, 6.07) is 6.90. The van der Waals surface area contributed by atoms with Gasteiger partial charge in [-0.1, -0.05) is 13.0 Å². The quantitative estimate of drug-likeness (QED) is 0.897. The zero-order chi connectivity index (χ0) is 14.0. The maximum atomic E-state index is 12.3. The van der Waals surface area contributed by atoms with E-state index in [1.54, 1.807) is 36.3 Å². The fourth-order valence-corrected chi connectivity index (χ4v) is 2.39. The highest BCUT2D eigenvalue weighted by molar-refractivity contribution is 5.95. The molecule has 0 spiro atoms. The molecule has 1 aliphatic heterocycles. The van der Waals surface area contributed by atoms with Crippen LogP contribution in [0.4, 0.5) is 0 Å². The monoisotopic (exact) mass is 263 g/mol. The summed E-state index contributed by atoms with van der Waals surface area (Å²) in [5, 5.41) is 9.08. The average Bonchev–Trinajstić information content (AvgIpc) is 2.80. The number of hydrogen-bond acceptors (Lipinski definition) is 3. The van der Waals surface area contributed by atoms with E-state index in [0.29, 0.717) is 17.9 Å². The minimum absolute atomic E-state index is 0.0212. The van der Waals surface area contributed by atoms with E-state index >= 15 is 0 Å². The number of ether oxygens (including phenoxy) is 1. The van der Waals surface area contributed by atoms with Crippen molar-refractivity contribution in [1.82, 2.24) is 4.90 Å². The summed E-state index contributed by atoms with van der Waals surface area (Å²) in [4.78, 5) is 25.0. The van der Waals surface area contributed by atoms with Crippen molar-refractivity contribution < 1.29 is 19.4 Å². The number of aliphatic carboxylic acids is 1. The molecule has 0 aromatic heterocycles. The molecule has 1 saturated heterocycles. The molecule has 102 valence electrons. The molecule has 1 aliphatic rings. The molecule has 1 fully saturated rings. The van der Waals surface area contributed by atoms with Crippen LogP contribution in [0, 0.1) is 11.8 Å². The molecule has 0 bridgehead atoms. The van der Waals surface area contributed by atoms with Crippen molar-refractivity contribution in [3.05, 3.63) is 29.8 Å². The number of carbonyl (C=O) groups is 2. The highest BCUT2D eigenvalue weighted by Gasteiger charge is 2.37. The summed E-state index contributed by atoms with van der Waals surface area (Å²) in [7, 11) is 1.54. The van der Waals surface area contributed by atoms with Gasteiger partial charge in [0, 0.05) is 18.7 Å². The molecular weight excluding hydrogens is 246 g/mol. The van der Waals surface area contributed by atoms with Gasteiger partial charge in [-0.05, 0) is 24.1 Å². The molecule has 1 N–H and O–H groups in total. The third-order valence-electron chi connectivity index (χ3n) is 3.53. The van der Waals surface area contributed by atoms with Gasteiger partial charge in [-0.2, -0.15) is 0 Å². The van der Waals surface area contributed by atoms with E-state index in [-0.39, 0.29) is 18.4 Å². The van der Waals surface area contributed by atoms with Gasteiger partial charge in [0.15, 0.2) is 0 Å². The third-order valence-corrected chi connectivity index (χ3v) is 3.53. The number of hydrogen-bond donors (Lipinski definition) is 1. The van der Waals surface area contributed by atoms with Gasteiger partial charge in [0.25, 0.3) is 5.91 Å². The second-order valence-electron chi connectivity index (χ2n) is 4.86. The van der Waals surface area contributed by atoms with E-state index in [2.05, 4.69) is 0 Å². The molecule has 1 heterocycles.